The Morgan fingerprint density at radius 1 is 1.13 bits per heavy atom. The summed E-state index contributed by atoms with van der Waals surface area (Å²) < 4.78 is 5.66. The fourth-order valence-corrected chi connectivity index (χ4v) is 4.25. The van der Waals surface area contributed by atoms with Crippen molar-refractivity contribution in [1.29, 1.82) is 0 Å². The van der Waals surface area contributed by atoms with E-state index in [-0.39, 0.29) is 0 Å². The SMILES string of the molecule is NCC1CCCCC1SCC1CCCO1. The molecule has 1 saturated heterocycles. The van der Waals surface area contributed by atoms with Gasteiger partial charge in [-0.25, -0.2) is 0 Å². The molecule has 2 N–H and O–H groups in total. The average Bonchev–Trinajstić information content (AvgIpc) is 2.79. The van der Waals surface area contributed by atoms with Crippen LogP contribution in [0.15, 0.2) is 0 Å². The van der Waals surface area contributed by atoms with Gasteiger partial charge in [-0.3, -0.25) is 0 Å². The molecule has 1 aliphatic carbocycles. The zero-order chi connectivity index (χ0) is 10.5. The van der Waals surface area contributed by atoms with Crippen LogP contribution in [0.4, 0.5) is 0 Å². The first kappa shape index (κ1) is 11.7. The van der Waals surface area contributed by atoms with Crippen LogP contribution in [0.25, 0.3) is 0 Å². The molecule has 3 atom stereocenters. The molecule has 0 bridgehead atoms. The lowest BCUT2D eigenvalue weighted by Gasteiger charge is -2.30. The third kappa shape index (κ3) is 3.36. The monoisotopic (exact) mass is 229 g/mol. The van der Waals surface area contributed by atoms with Crippen LogP contribution < -0.4 is 5.73 Å². The first-order valence-electron chi connectivity index (χ1n) is 6.33. The van der Waals surface area contributed by atoms with E-state index >= 15 is 0 Å². The largest absolute Gasteiger partial charge is 0.377 e. The van der Waals surface area contributed by atoms with Gasteiger partial charge in [-0.1, -0.05) is 12.8 Å². The standard InChI is InChI=1S/C12H23NOS/c13-8-10-4-1-2-6-12(10)15-9-11-5-3-7-14-11/h10-12H,1-9,13H2. The summed E-state index contributed by atoms with van der Waals surface area (Å²) in [6.45, 7) is 1.86. The van der Waals surface area contributed by atoms with Crippen LogP contribution >= 0.6 is 11.8 Å². The molecule has 3 unspecified atom stereocenters. The number of thioether (sulfide) groups is 1. The molecule has 1 saturated carbocycles. The maximum atomic E-state index is 5.83. The highest BCUT2D eigenvalue weighted by Crippen LogP contribution is 2.34. The smallest absolute Gasteiger partial charge is 0.0666 e. The zero-order valence-corrected chi connectivity index (χ0v) is 10.3. The van der Waals surface area contributed by atoms with E-state index in [0.717, 1.165) is 24.3 Å². The summed E-state index contributed by atoms with van der Waals surface area (Å²) in [4.78, 5) is 0. The second-order valence-corrected chi connectivity index (χ2v) is 6.06. The Balaban J connectivity index is 1.71. The number of rotatable bonds is 4. The van der Waals surface area contributed by atoms with Gasteiger partial charge in [0.25, 0.3) is 0 Å². The second-order valence-electron chi connectivity index (χ2n) is 4.79. The minimum absolute atomic E-state index is 0.537. The van der Waals surface area contributed by atoms with Gasteiger partial charge in [-0.15, -0.1) is 0 Å². The average molecular weight is 229 g/mol. The van der Waals surface area contributed by atoms with E-state index in [1.165, 1.54) is 44.3 Å². The van der Waals surface area contributed by atoms with E-state index in [4.69, 9.17) is 10.5 Å². The number of hydrogen-bond acceptors (Lipinski definition) is 3. The molecule has 0 aromatic heterocycles. The minimum Gasteiger partial charge on any atom is -0.377 e. The Kier molecular flexibility index (Phi) is 4.79. The third-order valence-electron chi connectivity index (χ3n) is 3.66. The predicted octanol–water partition coefficient (Wildman–Crippen LogP) is 2.42. The molecule has 1 aliphatic heterocycles. The van der Waals surface area contributed by atoms with Crippen LogP contribution in [0.5, 0.6) is 0 Å². The van der Waals surface area contributed by atoms with Crippen molar-refractivity contribution in [2.75, 3.05) is 18.9 Å². The van der Waals surface area contributed by atoms with Gasteiger partial charge in [0.2, 0.25) is 0 Å². The van der Waals surface area contributed by atoms with Crippen molar-refractivity contribution in [2.24, 2.45) is 11.7 Å². The second kappa shape index (κ2) is 6.12. The summed E-state index contributed by atoms with van der Waals surface area (Å²) in [6, 6.07) is 0. The van der Waals surface area contributed by atoms with E-state index < -0.39 is 0 Å². The summed E-state index contributed by atoms with van der Waals surface area (Å²) in [5, 5.41) is 0.813. The van der Waals surface area contributed by atoms with Gasteiger partial charge < -0.3 is 10.5 Å². The highest BCUT2D eigenvalue weighted by molar-refractivity contribution is 7.99. The molecule has 15 heavy (non-hydrogen) atoms. The van der Waals surface area contributed by atoms with E-state index in [9.17, 15) is 0 Å². The zero-order valence-electron chi connectivity index (χ0n) is 9.49. The molecule has 3 heteroatoms. The highest BCUT2D eigenvalue weighted by atomic mass is 32.2. The molecule has 0 aromatic carbocycles. The molecule has 1 heterocycles. The maximum Gasteiger partial charge on any atom is 0.0666 e. The molecule has 0 radical (unpaired) electrons. The Morgan fingerprint density at radius 3 is 2.73 bits per heavy atom. The van der Waals surface area contributed by atoms with Crippen molar-refractivity contribution in [1.82, 2.24) is 0 Å². The summed E-state index contributed by atoms with van der Waals surface area (Å²) in [7, 11) is 0. The van der Waals surface area contributed by atoms with Crippen molar-refractivity contribution in [3.8, 4) is 0 Å². The lowest BCUT2D eigenvalue weighted by Crippen LogP contribution is -2.30. The van der Waals surface area contributed by atoms with Gasteiger partial charge in [-0.2, -0.15) is 11.8 Å². The Labute approximate surface area is 97.3 Å². The van der Waals surface area contributed by atoms with E-state index in [1.807, 2.05) is 0 Å². The van der Waals surface area contributed by atoms with Gasteiger partial charge in [0.05, 0.1) is 6.10 Å². The molecule has 2 nitrogen and oxygen atoms in total. The summed E-state index contributed by atoms with van der Waals surface area (Å²) in [5.74, 6) is 1.96. The summed E-state index contributed by atoms with van der Waals surface area (Å²) in [5.41, 5.74) is 5.83. The van der Waals surface area contributed by atoms with Gasteiger partial charge in [-0.05, 0) is 38.1 Å². The Morgan fingerprint density at radius 2 is 2.00 bits per heavy atom. The molecule has 88 valence electrons. The number of nitrogens with two attached hydrogens (primary N) is 1. The Hall–Kier alpha value is 0.270. The molecule has 0 amide bonds. The normalized spacial score (nSPS) is 37.0. The van der Waals surface area contributed by atoms with Crippen molar-refractivity contribution >= 4 is 11.8 Å². The summed E-state index contributed by atoms with van der Waals surface area (Å²) >= 11 is 2.12. The minimum atomic E-state index is 0.537. The lowest BCUT2D eigenvalue weighted by atomic mass is 9.89. The molecular weight excluding hydrogens is 206 g/mol. The Bertz CT molecular complexity index is 182. The lowest BCUT2D eigenvalue weighted by molar-refractivity contribution is 0.128. The highest BCUT2D eigenvalue weighted by Gasteiger charge is 2.26. The van der Waals surface area contributed by atoms with Crippen LogP contribution in [0.2, 0.25) is 0 Å². The maximum absolute atomic E-state index is 5.83. The number of hydrogen-bond donors (Lipinski definition) is 1. The third-order valence-corrected chi connectivity index (χ3v) is 5.28. The van der Waals surface area contributed by atoms with Gasteiger partial charge in [0.1, 0.15) is 0 Å². The van der Waals surface area contributed by atoms with Gasteiger partial charge >= 0.3 is 0 Å². The van der Waals surface area contributed by atoms with Crippen molar-refractivity contribution in [2.45, 2.75) is 49.9 Å². The molecule has 2 rings (SSSR count). The van der Waals surface area contributed by atoms with Crippen molar-refractivity contribution < 1.29 is 4.74 Å². The molecule has 0 spiro atoms. The molecule has 0 aromatic rings. The molecule has 2 fully saturated rings. The van der Waals surface area contributed by atoms with Crippen LogP contribution in [-0.4, -0.2) is 30.3 Å². The fourth-order valence-electron chi connectivity index (χ4n) is 2.67. The van der Waals surface area contributed by atoms with Crippen LogP contribution in [-0.2, 0) is 4.74 Å². The quantitative estimate of drug-likeness (QED) is 0.804. The fraction of sp³-hybridized carbons (Fsp3) is 1.00. The van der Waals surface area contributed by atoms with Crippen molar-refractivity contribution in [3.05, 3.63) is 0 Å². The topological polar surface area (TPSA) is 35.2 Å². The van der Waals surface area contributed by atoms with Crippen LogP contribution in [0, 0.1) is 5.92 Å². The predicted molar refractivity (Wildman–Crippen MR) is 66.2 cm³/mol. The van der Waals surface area contributed by atoms with E-state index in [1.54, 1.807) is 0 Å². The van der Waals surface area contributed by atoms with E-state index in [2.05, 4.69) is 11.8 Å². The first-order chi connectivity index (χ1) is 7.40. The van der Waals surface area contributed by atoms with Crippen LogP contribution in [0.3, 0.4) is 0 Å². The van der Waals surface area contributed by atoms with Gasteiger partial charge in [0.15, 0.2) is 0 Å². The number of ether oxygens (including phenoxy) is 1. The first-order valence-corrected chi connectivity index (χ1v) is 7.38. The molecular formula is C12H23NOS. The van der Waals surface area contributed by atoms with Crippen LogP contribution in [0.1, 0.15) is 38.5 Å². The van der Waals surface area contributed by atoms with Crippen molar-refractivity contribution in [3.63, 3.8) is 0 Å². The summed E-state index contributed by atoms with van der Waals surface area (Å²) in [6.07, 6.45) is 8.58. The van der Waals surface area contributed by atoms with E-state index in [0.29, 0.717) is 6.10 Å². The van der Waals surface area contributed by atoms with Gasteiger partial charge in [0, 0.05) is 17.6 Å². The molecule has 2 aliphatic rings.